The van der Waals surface area contributed by atoms with E-state index >= 15 is 0 Å². The fourth-order valence-corrected chi connectivity index (χ4v) is 4.80. The van der Waals surface area contributed by atoms with Gasteiger partial charge < -0.3 is 4.74 Å². The molecule has 28 heavy (non-hydrogen) atoms. The Hall–Kier alpha value is -1.83. The van der Waals surface area contributed by atoms with Gasteiger partial charge in [-0.1, -0.05) is 71.1 Å². The Morgan fingerprint density at radius 2 is 1.79 bits per heavy atom. The molecule has 152 valence electrons. The average Bonchev–Trinajstić information content (AvgIpc) is 2.75. The van der Waals surface area contributed by atoms with Crippen LogP contribution in [-0.2, 0) is 0 Å². The number of nitrogens with zero attached hydrogens (tertiary/aromatic N) is 1. The van der Waals surface area contributed by atoms with Crippen molar-refractivity contribution in [2.75, 3.05) is 6.61 Å². The molecule has 1 unspecified atom stereocenters. The van der Waals surface area contributed by atoms with Crippen LogP contribution in [0.2, 0.25) is 0 Å². The molecule has 0 saturated heterocycles. The molecule has 0 N–H and O–H groups in total. The summed E-state index contributed by atoms with van der Waals surface area (Å²) in [6, 6.07) is 10.7. The first-order chi connectivity index (χ1) is 13.7. The van der Waals surface area contributed by atoms with Gasteiger partial charge in [0.1, 0.15) is 5.75 Å². The van der Waals surface area contributed by atoms with Crippen LogP contribution in [0.15, 0.2) is 42.7 Å². The van der Waals surface area contributed by atoms with E-state index < -0.39 is 0 Å². The molecule has 1 aromatic heterocycles. The smallest absolute Gasteiger partial charge is 0.127 e. The Kier molecular flexibility index (Phi) is 7.94. The monoisotopic (exact) mass is 379 g/mol. The maximum Gasteiger partial charge on any atom is 0.127 e. The van der Waals surface area contributed by atoms with Crippen molar-refractivity contribution < 1.29 is 4.74 Å². The second-order valence-corrected chi connectivity index (χ2v) is 8.52. The highest BCUT2D eigenvalue weighted by atomic mass is 16.5. The van der Waals surface area contributed by atoms with Crippen LogP contribution in [0, 0.1) is 11.8 Å². The number of unbranched alkanes of at least 4 members (excludes halogenated alkanes) is 1. The molecule has 0 bridgehead atoms. The van der Waals surface area contributed by atoms with Crippen LogP contribution in [0.25, 0.3) is 11.1 Å². The second-order valence-electron chi connectivity index (χ2n) is 8.52. The molecule has 1 aliphatic rings. The van der Waals surface area contributed by atoms with Gasteiger partial charge in [-0.05, 0) is 60.3 Å². The molecular weight excluding hydrogens is 342 g/mol. The summed E-state index contributed by atoms with van der Waals surface area (Å²) < 4.78 is 6.13. The fourth-order valence-electron chi connectivity index (χ4n) is 4.80. The van der Waals surface area contributed by atoms with E-state index in [4.69, 9.17) is 4.74 Å². The lowest BCUT2D eigenvalue weighted by Crippen LogP contribution is -2.19. The van der Waals surface area contributed by atoms with Crippen molar-refractivity contribution in [3.8, 4) is 16.9 Å². The highest BCUT2D eigenvalue weighted by molar-refractivity contribution is 5.73. The van der Waals surface area contributed by atoms with Crippen molar-refractivity contribution in [3.63, 3.8) is 0 Å². The molecule has 1 fully saturated rings. The van der Waals surface area contributed by atoms with Gasteiger partial charge in [0.2, 0.25) is 0 Å². The zero-order valence-corrected chi connectivity index (χ0v) is 18.0. The standard InChI is InChI=1S/C26H37NO/c1-4-6-18-28-26-11-8-7-10-24(26)23-16-17-27-19-25(23)20(3)22-14-12-21(9-5-2)13-15-22/h7-8,10-11,16-17,19-22H,4-6,9,12-15,18H2,1-3H3. The van der Waals surface area contributed by atoms with E-state index in [1.165, 1.54) is 55.2 Å². The lowest BCUT2D eigenvalue weighted by atomic mass is 9.72. The van der Waals surface area contributed by atoms with Gasteiger partial charge in [-0.15, -0.1) is 0 Å². The number of benzene rings is 1. The van der Waals surface area contributed by atoms with Crippen molar-refractivity contribution in [2.24, 2.45) is 11.8 Å². The molecule has 0 spiro atoms. The van der Waals surface area contributed by atoms with Crippen molar-refractivity contribution >= 4 is 0 Å². The van der Waals surface area contributed by atoms with Gasteiger partial charge in [-0.3, -0.25) is 4.98 Å². The van der Waals surface area contributed by atoms with Crippen LogP contribution in [0.1, 0.15) is 83.6 Å². The van der Waals surface area contributed by atoms with Crippen molar-refractivity contribution in [3.05, 3.63) is 48.3 Å². The quantitative estimate of drug-likeness (QED) is 0.418. The summed E-state index contributed by atoms with van der Waals surface area (Å²) in [6.07, 6.45) is 14.5. The molecule has 1 heterocycles. The Balaban J connectivity index is 1.80. The van der Waals surface area contributed by atoms with E-state index in [0.29, 0.717) is 5.92 Å². The number of aromatic nitrogens is 1. The van der Waals surface area contributed by atoms with Crippen molar-refractivity contribution in [1.29, 1.82) is 0 Å². The summed E-state index contributed by atoms with van der Waals surface area (Å²) in [6.45, 7) is 7.71. The molecule has 3 rings (SSSR count). The zero-order chi connectivity index (χ0) is 19.8. The summed E-state index contributed by atoms with van der Waals surface area (Å²) in [7, 11) is 0. The summed E-state index contributed by atoms with van der Waals surface area (Å²) in [4.78, 5) is 4.50. The third-order valence-corrected chi connectivity index (χ3v) is 6.57. The summed E-state index contributed by atoms with van der Waals surface area (Å²) >= 11 is 0. The first kappa shape index (κ1) is 20.9. The molecule has 1 aromatic carbocycles. The van der Waals surface area contributed by atoms with Crippen LogP contribution in [0.4, 0.5) is 0 Å². The van der Waals surface area contributed by atoms with E-state index in [1.54, 1.807) is 0 Å². The van der Waals surface area contributed by atoms with Crippen molar-refractivity contribution in [1.82, 2.24) is 4.98 Å². The lowest BCUT2D eigenvalue weighted by Gasteiger charge is -2.33. The van der Waals surface area contributed by atoms with Gasteiger partial charge in [0.25, 0.3) is 0 Å². The van der Waals surface area contributed by atoms with Crippen LogP contribution >= 0.6 is 0 Å². The zero-order valence-electron chi connectivity index (χ0n) is 18.0. The SMILES string of the molecule is CCCCOc1ccccc1-c1ccncc1C(C)C1CCC(CCC)CC1. The van der Waals surface area contributed by atoms with Crippen molar-refractivity contribution in [2.45, 2.75) is 78.1 Å². The number of hydrogen-bond acceptors (Lipinski definition) is 2. The number of para-hydroxylation sites is 1. The minimum atomic E-state index is 0.537. The molecular formula is C26H37NO. The first-order valence-corrected chi connectivity index (χ1v) is 11.4. The van der Waals surface area contributed by atoms with Gasteiger partial charge in [-0.2, -0.15) is 0 Å². The fraction of sp³-hybridized carbons (Fsp3) is 0.577. The Labute approximate surface area is 171 Å². The summed E-state index contributed by atoms with van der Waals surface area (Å²) in [5.41, 5.74) is 3.89. The molecule has 1 atom stereocenters. The lowest BCUT2D eigenvalue weighted by molar-refractivity contribution is 0.239. The summed E-state index contributed by atoms with van der Waals surface area (Å²) in [5.74, 6) is 3.26. The maximum atomic E-state index is 6.13. The van der Waals surface area contributed by atoms with E-state index in [-0.39, 0.29) is 0 Å². The van der Waals surface area contributed by atoms with Gasteiger partial charge in [-0.25, -0.2) is 0 Å². The normalized spacial score (nSPS) is 20.7. The first-order valence-electron chi connectivity index (χ1n) is 11.4. The van der Waals surface area contributed by atoms with Crippen LogP contribution in [0.5, 0.6) is 5.75 Å². The third kappa shape index (κ3) is 5.16. The van der Waals surface area contributed by atoms with Crippen LogP contribution in [0.3, 0.4) is 0 Å². The van der Waals surface area contributed by atoms with Crippen LogP contribution < -0.4 is 4.74 Å². The number of hydrogen-bond donors (Lipinski definition) is 0. The van der Waals surface area contributed by atoms with Gasteiger partial charge in [0.15, 0.2) is 0 Å². The molecule has 0 aliphatic heterocycles. The molecule has 1 saturated carbocycles. The predicted octanol–water partition coefficient (Wildman–Crippen LogP) is 7.64. The Morgan fingerprint density at radius 1 is 1.00 bits per heavy atom. The highest BCUT2D eigenvalue weighted by Crippen LogP contribution is 2.43. The minimum absolute atomic E-state index is 0.537. The minimum Gasteiger partial charge on any atom is -0.493 e. The molecule has 0 radical (unpaired) electrons. The molecule has 0 amide bonds. The highest BCUT2D eigenvalue weighted by Gasteiger charge is 2.27. The van der Waals surface area contributed by atoms with Gasteiger partial charge in [0.05, 0.1) is 6.61 Å². The van der Waals surface area contributed by atoms with Crippen LogP contribution in [-0.4, -0.2) is 11.6 Å². The number of rotatable bonds is 9. The average molecular weight is 380 g/mol. The molecule has 2 aromatic rings. The largest absolute Gasteiger partial charge is 0.493 e. The molecule has 2 heteroatoms. The van der Waals surface area contributed by atoms with E-state index in [1.807, 2.05) is 6.20 Å². The predicted molar refractivity (Wildman–Crippen MR) is 119 cm³/mol. The third-order valence-electron chi connectivity index (χ3n) is 6.57. The Bertz CT molecular complexity index is 718. The maximum absolute atomic E-state index is 6.13. The topological polar surface area (TPSA) is 22.1 Å². The van der Waals surface area contributed by atoms with Gasteiger partial charge >= 0.3 is 0 Å². The summed E-state index contributed by atoms with van der Waals surface area (Å²) in [5, 5.41) is 0. The second kappa shape index (κ2) is 10.6. The molecule has 2 nitrogen and oxygen atoms in total. The Morgan fingerprint density at radius 3 is 2.54 bits per heavy atom. The van der Waals surface area contributed by atoms with Gasteiger partial charge in [0, 0.05) is 18.0 Å². The molecule has 1 aliphatic carbocycles. The van der Waals surface area contributed by atoms with E-state index in [0.717, 1.165) is 37.0 Å². The van der Waals surface area contributed by atoms with E-state index in [9.17, 15) is 0 Å². The van der Waals surface area contributed by atoms with E-state index in [2.05, 4.69) is 62.3 Å². The number of pyridine rings is 1. The number of ether oxygens (including phenoxy) is 1.